The fourth-order valence-corrected chi connectivity index (χ4v) is 6.39. The van der Waals surface area contributed by atoms with Crippen molar-refractivity contribution < 1.29 is 14.3 Å². The number of nitrogens with zero attached hydrogens (tertiary/aromatic N) is 1. The topological polar surface area (TPSA) is 68.3 Å². The smallest absolute Gasteiger partial charge is 0.341 e. The average Bonchev–Trinajstić information content (AvgIpc) is 3.25. The van der Waals surface area contributed by atoms with Crippen molar-refractivity contribution in [3.05, 3.63) is 81.7 Å². The molecular formula is C30H30N2O3S. The molecule has 1 atom stereocenters. The summed E-state index contributed by atoms with van der Waals surface area (Å²) in [7, 11) is 0. The monoisotopic (exact) mass is 498 g/mol. The fraction of sp³-hybridized carbons (Fsp3) is 0.300. The van der Waals surface area contributed by atoms with Gasteiger partial charge in [-0.2, -0.15) is 0 Å². The van der Waals surface area contributed by atoms with Gasteiger partial charge in [0, 0.05) is 15.8 Å². The Balaban J connectivity index is 1.58. The summed E-state index contributed by atoms with van der Waals surface area (Å²) in [5.74, 6) is -0.00406. The number of hydrogen-bond acceptors (Lipinski definition) is 5. The first kappa shape index (κ1) is 24.2. The maximum atomic E-state index is 13.8. The lowest BCUT2D eigenvalue weighted by atomic mass is 9.85. The Morgan fingerprint density at radius 2 is 1.89 bits per heavy atom. The van der Waals surface area contributed by atoms with E-state index in [-0.39, 0.29) is 11.9 Å². The predicted octanol–water partition coefficient (Wildman–Crippen LogP) is 7.22. The number of esters is 1. The molecule has 0 bridgehead atoms. The molecule has 1 amide bonds. The summed E-state index contributed by atoms with van der Waals surface area (Å²) in [6, 6.07) is 17.5. The van der Waals surface area contributed by atoms with E-state index in [1.807, 2.05) is 61.5 Å². The number of rotatable bonds is 6. The van der Waals surface area contributed by atoms with Crippen molar-refractivity contribution >= 4 is 39.1 Å². The molecule has 184 valence electrons. The van der Waals surface area contributed by atoms with E-state index in [4.69, 9.17) is 9.72 Å². The molecule has 2 aromatic carbocycles. The minimum atomic E-state index is -0.361. The van der Waals surface area contributed by atoms with Crippen LogP contribution in [0, 0.1) is 12.8 Å². The van der Waals surface area contributed by atoms with Crippen LogP contribution >= 0.6 is 11.3 Å². The second kappa shape index (κ2) is 10.2. The zero-order valence-electron chi connectivity index (χ0n) is 20.9. The molecule has 2 aromatic heterocycles. The van der Waals surface area contributed by atoms with Crippen molar-refractivity contribution in [1.29, 1.82) is 0 Å². The summed E-state index contributed by atoms with van der Waals surface area (Å²) in [5.41, 5.74) is 5.68. The van der Waals surface area contributed by atoms with E-state index in [0.717, 1.165) is 59.0 Å². The van der Waals surface area contributed by atoms with Crippen LogP contribution in [0.1, 0.15) is 63.4 Å². The number of benzene rings is 2. The number of hydrogen-bond donors (Lipinski definition) is 1. The summed E-state index contributed by atoms with van der Waals surface area (Å²) in [4.78, 5) is 32.8. The number of amides is 1. The lowest BCUT2D eigenvalue weighted by molar-refractivity contribution is 0.0526. The SMILES string of the molecule is CCOC(=O)c1c(NC(=O)c2cc(-c3ccccc3C)nc3ccccc23)sc2c1CCC(CC)C2. The highest BCUT2D eigenvalue weighted by Crippen LogP contribution is 2.41. The van der Waals surface area contributed by atoms with Crippen LogP contribution in [0.5, 0.6) is 0 Å². The standard InChI is InChI=1S/C30H30N2O3S/c1-4-19-14-15-22-26(16-19)36-29(27(22)30(34)35-5-2)32-28(33)23-17-25(20-11-7-6-10-18(20)3)31-24-13-9-8-12-21(23)24/h6-13,17,19H,4-5,14-16H2,1-3H3,(H,32,33). The zero-order valence-corrected chi connectivity index (χ0v) is 21.7. The Morgan fingerprint density at radius 3 is 2.67 bits per heavy atom. The number of thiophene rings is 1. The Bertz CT molecular complexity index is 1460. The molecular weight excluding hydrogens is 468 g/mol. The first-order chi connectivity index (χ1) is 17.5. The number of pyridine rings is 1. The molecule has 6 heteroatoms. The van der Waals surface area contributed by atoms with E-state index in [9.17, 15) is 9.59 Å². The summed E-state index contributed by atoms with van der Waals surface area (Å²) in [5, 5.41) is 4.45. The van der Waals surface area contributed by atoms with Crippen LogP contribution in [-0.2, 0) is 17.6 Å². The number of anilines is 1. The maximum Gasteiger partial charge on any atom is 0.341 e. The molecule has 2 heterocycles. The number of nitrogens with one attached hydrogen (secondary N) is 1. The Kier molecular flexibility index (Phi) is 6.88. The Morgan fingerprint density at radius 1 is 1.11 bits per heavy atom. The van der Waals surface area contributed by atoms with Crippen molar-refractivity contribution in [2.45, 2.75) is 46.5 Å². The number of para-hydroxylation sites is 1. The van der Waals surface area contributed by atoms with Crippen LogP contribution in [0.25, 0.3) is 22.2 Å². The summed E-state index contributed by atoms with van der Waals surface area (Å²) in [6.45, 7) is 6.34. The molecule has 1 N–H and O–H groups in total. The third kappa shape index (κ3) is 4.53. The Labute approximate surface area is 215 Å². The van der Waals surface area contributed by atoms with Gasteiger partial charge in [0.25, 0.3) is 5.91 Å². The lowest BCUT2D eigenvalue weighted by Crippen LogP contribution is -2.17. The Hall–Kier alpha value is -3.51. The largest absolute Gasteiger partial charge is 0.462 e. The summed E-state index contributed by atoms with van der Waals surface area (Å²) in [6.07, 6.45) is 3.94. The van der Waals surface area contributed by atoms with Crippen molar-refractivity contribution in [3.8, 4) is 11.3 Å². The van der Waals surface area contributed by atoms with Crippen molar-refractivity contribution in [2.24, 2.45) is 5.92 Å². The molecule has 1 aliphatic rings. The molecule has 1 unspecified atom stereocenters. The van der Waals surface area contributed by atoms with Crippen LogP contribution in [0.3, 0.4) is 0 Å². The zero-order chi connectivity index (χ0) is 25.2. The fourth-order valence-electron chi connectivity index (χ4n) is 5.04. The van der Waals surface area contributed by atoms with Gasteiger partial charge in [-0.3, -0.25) is 4.79 Å². The third-order valence-corrected chi connectivity index (χ3v) is 8.20. The van der Waals surface area contributed by atoms with Gasteiger partial charge in [0.05, 0.1) is 28.9 Å². The van der Waals surface area contributed by atoms with E-state index < -0.39 is 0 Å². The number of aromatic nitrogens is 1. The lowest BCUT2D eigenvalue weighted by Gasteiger charge is -2.20. The van der Waals surface area contributed by atoms with Gasteiger partial charge in [0.15, 0.2) is 0 Å². The third-order valence-electron chi connectivity index (χ3n) is 7.03. The summed E-state index contributed by atoms with van der Waals surface area (Å²) >= 11 is 1.52. The molecule has 5 nitrogen and oxygen atoms in total. The molecule has 36 heavy (non-hydrogen) atoms. The molecule has 1 aliphatic carbocycles. The van der Waals surface area contributed by atoms with E-state index in [0.29, 0.717) is 28.7 Å². The highest BCUT2D eigenvalue weighted by Gasteiger charge is 2.30. The van der Waals surface area contributed by atoms with Gasteiger partial charge in [-0.05, 0) is 62.3 Å². The van der Waals surface area contributed by atoms with Gasteiger partial charge in [-0.1, -0.05) is 55.8 Å². The number of aryl methyl sites for hydroxylation is 1. The van der Waals surface area contributed by atoms with E-state index in [1.54, 1.807) is 6.92 Å². The molecule has 0 fully saturated rings. The van der Waals surface area contributed by atoms with Crippen LogP contribution < -0.4 is 5.32 Å². The van der Waals surface area contributed by atoms with Crippen molar-refractivity contribution in [1.82, 2.24) is 4.98 Å². The van der Waals surface area contributed by atoms with Gasteiger partial charge in [0.1, 0.15) is 5.00 Å². The molecule has 5 rings (SSSR count). The molecule has 0 saturated carbocycles. The first-order valence-electron chi connectivity index (χ1n) is 12.6. The average molecular weight is 499 g/mol. The molecule has 0 aliphatic heterocycles. The minimum Gasteiger partial charge on any atom is -0.462 e. The number of carbonyl (C=O) groups excluding carboxylic acids is 2. The summed E-state index contributed by atoms with van der Waals surface area (Å²) < 4.78 is 5.40. The van der Waals surface area contributed by atoms with Gasteiger partial charge in [-0.25, -0.2) is 9.78 Å². The van der Waals surface area contributed by atoms with Gasteiger partial charge in [0.2, 0.25) is 0 Å². The second-order valence-electron chi connectivity index (χ2n) is 9.29. The van der Waals surface area contributed by atoms with E-state index in [1.165, 1.54) is 16.2 Å². The highest BCUT2D eigenvalue weighted by molar-refractivity contribution is 7.17. The highest BCUT2D eigenvalue weighted by atomic mass is 32.1. The maximum absolute atomic E-state index is 13.8. The first-order valence-corrected chi connectivity index (χ1v) is 13.4. The van der Waals surface area contributed by atoms with Gasteiger partial charge >= 0.3 is 5.97 Å². The number of carbonyl (C=O) groups is 2. The van der Waals surface area contributed by atoms with E-state index >= 15 is 0 Å². The van der Waals surface area contributed by atoms with Gasteiger partial charge < -0.3 is 10.1 Å². The van der Waals surface area contributed by atoms with Gasteiger partial charge in [-0.15, -0.1) is 11.3 Å². The quantitative estimate of drug-likeness (QED) is 0.285. The van der Waals surface area contributed by atoms with Crippen molar-refractivity contribution in [3.63, 3.8) is 0 Å². The molecule has 4 aromatic rings. The van der Waals surface area contributed by atoms with Crippen molar-refractivity contribution in [2.75, 3.05) is 11.9 Å². The van der Waals surface area contributed by atoms with Crippen LogP contribution in [0.15, 0.2) is 54.6 Å². The minimum absolute atomic E-state index is 0.250. The molecule has 0 radical (unpaired) electrons. The van der Waals surface area contributed by atoms with Crippen LogP contribution in [0.2, 0.25) is 0 Å². The molecule has 0 saturated heterocycles. The van der Waals surface area contributed by atoms with Crippen LogP contribution in [0.4, 0.5) is 5.00 Å². The second-order valence-corrected chi connectivity index (χ2v) is 10.4. The van der Waals surface area contributed by atoms with Crippen LogP contribution in [-0.4, -0.2) is 23.5 Å². The molecule has 0 spiro atoms. The predicted molar refractivity (Wildman–Crippen MR) is 146 cm³/mol. The number of fused-ring (bicyclic) bond motifs is 2. The van der Waals surface area contributed by atoms with E-state index in [2.05, 4.69) is 12.2 Å². The number of ether oxygens (including phenoxy) is 1. The normalized spacial score (nSPS) is 14.9.